The molecule has 13 heteroatoms. The summed E-state index contributed by atoms with van der Waals surface area (Å²) in [6.07, 6.45) is 11.3. The molecule has 0 atom stereocenters. The minimum Gasteiger partial charge on any atom is -0.871 e. The van der Waals surface area contributed by atoms with Crippen molar-refractivity contribution in [3.8, 4) is 34.5 Å². The molecule has 0 heterocycles. The molecule has 4 aromatic carbocycles. The van der Waals surface area contributed by atoms with Gasteiger partial charge in [-0.05, 0) is 67.6 Å². The van der Waals surface area contributed by atoms with Crippen LogP contribution in [0.4, 0.5) is 0 Å². The molecule has 2 N–H and O–H groups in total. The van der Waals surface area contributed by atoms with Crippen LogP contribution in [0, 0.1) is 0 Å². The SMILES string of the molecule is CCCCCCCc1ccc(Oc2ccccc2)c(S(=O)(=O)O)c1O.CCCCCCCc1ccc(Oc2ccccc2)c(S(=O)(=O)[O-])c1[O-].[Ca+2]. The van der Waals surface area contributed by atoms with Crippen molar-refractivity contribution in [2.24, 2.45) is 0 Å². The fourth-order valence-electron chi connectivity index (χ4n) is 5.29. The maximum atomic E-state index is 12.5. The third kappa shape index (κ3) is 14.6. The Balaban J connectivity index is 0.000000347. The van der Waals surface area contributed by atoms with Gasteiger partial charge in [0.15, 0.2) is 10.6 Å². The zero-order valence-corrected chi connectivity index (χ0v) is 33.1. The Morgan fingerprint density at radius 3 is 1.43 bits per heavy atom. The van der Waals surface area contributed by atoms with E-state index in [2.05, 4.69) is 13.8 Å². The predicted molar refractivity (Wildman–Crippen MR) is 195 cm³/mol. The normalized spacial score (nSPS) is 11.2. The van der Waals surface area contributed by atoms with E-state index in [1.165, 1.54) is 12.1 Å². The molecule has 0 bridgehead atoms. The fourth-order valence-corrected chi connectivity index (χ4v) is 6.75. The Kier molecular flexibility index (Phi) is 19.4. The number of phenolic OH excluding ortho intramolecular Hbond substituents is 1. The molecule has 0 saturated carbocycles. The first-order chi connectivity index (χ1) is 23.9. The molecule has 0 fully saturated rings. The summed E-state index contributed by atoms with van der Waals surface area (Å²) in [5.74, 6) is -0.731. The molecule has 0 amide bonds. The number of benzene rings is 4. The van der Waals surface area contributed by atoms with Gasteiger partial charge in [0.25, 0.3) is 0 Å². The second-order valence-electron chi connectivity index (χ2n) is 11.9. The molecular weight excluding hydrogens is 721 g/mol. The van der Waals surface area contributed by atoms with E-state index in [0.29, 0.717) is 35.5 Å². The van der Waals surface area contributed by atoms with Gasteiger partial charge in [0, 0.05) is 0 Å². The van der Waals surface area contributed by atoms with Gasteiger partial charge in [-0.1, -0.05) is 125 Å². The topological polar surface area (TPSA) is 173 Å². The number of phenols is 1. The van der Waals surface area contributed by atoms with E-state index in [-0.39, 0.29) is 49.2 Å². The number of hydrogen-bond donors (Lipinski definition) is 2. The van der Waals surface area contributed by atoms with E-state index in [4.69, 9.17) is 9.47 Å². The molecule has 0 radical (unpaired) electrons. The number of rotatable bonds is 18. The van der Waals surface area contributed by atoms with Crippen LogP contribution >= 0.6 is 0 Å². The Morgan fingerprint density at radius 2 is 1.00 bits per heavy atom. The maximum Gasteiger partial charge on any atom is 2.00 e. The van der Waals surface area contributed by atoms with Gasteiger partial charge in [-0.25, -0.2) is 8.42 Å². The molecule has 0 aliphatic rings. The average molecular weight is 767 g/mol. The Bertz CT molecular complexity index is 1710. The van der Waals surface area contributed by atoms with Crippen molar-refractivity contribution in [1.29, 1.82) is 0 Å². The van der Waals surface area contributed by atoms with Crippen molar-refractivity contribution < 1.29 is 45.6 Å². The van der Waals surface area contributed by atoms with Gasteiger partial charge >= 0.3 is 47.9 Å². The standard InChI is InChI=1S/2C19H24O5S.Ca/c2*1-2-3-4-5-7-10-15-13-14-17(19(18(15)20)25(21,22)23)24-16-11-8-6-9-12-16;/h2*6,8-9,11-14,20H,2-5,7,10H2,1H3,(H,21,22,23);/q;;+2/p-2. The van der Waals surface area contributed by atoms with Crippen LogP contribution in [0.2, 0.25) is 0 Å². The molecule has 51 heavy (non-hydrogen) atoms. The summed E-state index contributed by atoms with van der Waals surface area (Å²) < 4.78 is 78.8. The summed E-state index contributed by atoms with van der Waals surface area (Å²) in [4.78, 5) is -1.38. The molecule has 4 rings (SSSR count). The Morgan fingerprint density at radius 1 is 0.588 bits per heavy atom. The molecule has 0 spiro atoms. The van der Waals surface area contributed by atoms with Gasteiger partial charge in [0.05, 0.1) is 4.90 Å². The number of aromatic hydroxyl groups is 1. The number of aryl methyl sites for hydroxylation is 2. The summed E-state index contributed by atoms with van der Waals surface area (Å²) in [7, 11) is -9.55. The van der Waals surface area contributed by atoms with Crippen LogP contribution in [0.3, 0.4) is 0 Å². The Labute approximate surface area is 332 Å². The molecule has 0 aromatic heterocycles. The van der Waals surface area contributed by atoms with Crippen LogP contribution < -0.4 is 14.6 Å². The predicted octanol–water partition coefficient (Wildman–Crippen LogP) is 8.53. The zero-order chi connectivity index (χ0) is 36.6. The molecule has 10 nitrogen and oxygen atoms in total. The average Bonchev–Trinajstić information content (AvgIpc) is 3.06. The summed E-state index contributed by atoms with van der Waals surface area (Å²) >= 11 is 0. The Hall–Kier alpha value is -2.84. The number of para-hydroxylation sites is 2. The third-order valence-electron chi connectivity index (χ3n) is 7.89. The van der Waals surface area contributed by atoms with Gasteiger partial charge in [-0.15, -0.1) is 0 Å². The van der Waals surface area contributed by atoms with Crippen molar-refractivity contribution in [1.82, 2.24) is 0 Å². The monoisotopic (exact) mass is 766 g/mol. The van der Waals surface area contributed by atoms with Crippen molar-refractivity contribution in [3.05, 3.63) is 96.1 Å². The summed E-state index contributed by atoms with van der Waals surface area (Å²) in [5.41, 5.74) is 0.830. The minimum atomic E-state index is -4.93. The van der Waals surface area contributed by atoms with Crippen LogP contribution in [0.15, 0.2) is 94.7 Å². The van der Waals surface area contributed by atoms with E-state index >= 15 is 0 Å². The second-order valence-corrected chi connectivity index (χ2v) is 14.5. The van der Waals surface area contributed by atoms with Crippen LogP contribution in [0.1, 0.15) is 89.2 Å². The minimum absolute atomic E-state index is 0. The summed E-state index contributed by atoms with van der Waals surface area (Å²) in [6, 6.07) is 23.1. The van der Waals surface area contributed by atoms with E-state index in [0.717, 1.165) is 64.2 Å². The van der Waals surface area contributed by atoms with E-state index in [9.17, 15) is 36.2 Å². The van der Waals surface area contributed by atoms with Gasteiger partial charge in [0.2, 0.25) is 0 Å². The first kappa shape index (κ1) is 44.3. The fraction of sp³-hybridized carbons (Fsp3) is 0.368. The van der Waals surface area contributed by atoms with Gasteiger partial charge in [-0.2, -0.15) is 8.42 Å². The molecule has 4 aromatic rings. The third-order valence-corrected chi connectivity index (χ3v) is 9.68. The van der Waals surface area contributed by atoms with Crippen molar-refractivity contribution in [3.63, 3.8) is 0 Å². The molecule has 0 aliphatic carbocycles. The van der Waals surface area contributed by atoms with Crippen molar-refractivity contribution in [2.75, 3.05) is 0 Å². The number of unbranched alkanes of at least 4 members (excludes halogenated alkanes) is 8. The van der Waals surface area contributed by atoms with Gasteiger partial charge in [-0.3, -0.25) is 4.55 Å². The smallest absolute Gasteiger partial charge is 0.871 e. The van der Waals surface area contributed by atoms with Crippen LogP contribution in [0.25, 0.3) is 0 Å². The second kappa shape index (κ2) is 22.3. The molecule has 272 valence electrons. The van der Waals surface area contributed by atoms with E-state index in [1.54, 1.807) is 72.8 Å². The molecule has 0 unspecified atom stereocenters. The molecule has 0 aliphatic heterocycles. The first-order valence-electron chi connectivity index (χ1n) is 16.9. The maximum absolute atomic E-state index is 12.5. The number of hydrogen-bond acceptors (Lipinski definition) is 9. The van der Waals surface area contributed by atoms with E-state index in [1.807, 2.05) is 0 Å². The van der Waals surface area contributed by atoms with Crippen molar-refractivity contribution >= 4 is 58.0 Å². The summed E-state index contributed by atoms with van der Waals surface area (Å²) in [5, 5.41) is 22.9. The van der Waals surface area contributed by atoms with Crippen LogP contribution in [-0.2, 0) is 33.1 Å². The number of ether oxygens (including phenoxy) is 2. The zero-order valence-electron chi connectivity index (χ0n) is 29.3. The van der Waals surface area contributed by atoms with Crippen molar-refractivity contribution in [2.45, 2.75) is 101 Å². The molecular formula is C38H46CaO10S2. The van der Waals surface area contributed by atoms with Crippen LogP contribution in [-0.4, -0.2) is 68.8 Å². The quantitative estimate of drug-likeness (QED) is 0.0568. The first-order valence-corrected chi connectivity index (χ1v) is 19.8. The molecule has 0 saturated heterocycles. The summed E-state index contributed by atoms with van der Waals surface area (Å²) in [6.45, 7) is 4.25. The van der Waals surface area contributed by atoms with E-state index < -0.39 is 41.5 Å². The van der Waals surface area contributed by atoms with Gasteiger partial charge < -0.3 is 24.2 Å². The largest absolute Gasteiger partial charge is 2.00 e. The van der Waals surface area contributed by atoms with Crippen LogP contribution in [0.5, 0.6) is 34.5 Å². The van der Waals surface area contributed by atoms with Gasteiger partial charge in [0.1, 0.15) is 33.1 Å².